The molecule has 0 spiro atoms. The van der Waals surface area contributed by atoms with Crippen molar-refractivity contribution in [2.75, 3.05) is 13.1 Å². The Morgan fingerprint density at radius 1 is 0.892 bits per heavy atom. The number of carbonyl (C=O) groups is 3. The molecule has 196 valence electrons. The van der Waals surface area contributed by atoms with E-state index < -0.39 is 30.1 Å². The molecular weight excluding hydrogens is 474 g/mol. The van der Waals surface area contributed by atoms with Gasteiger partial charge in [-0.1, -0.05) is 86.6 Å². The van der Waals surface area contributed by atoms with E-state index in [1.165, 1.54) is 4.90 Å². The van der Waals surface area contributed by atoms with Crippen molar-refractivity contribution in [2.24, 2.45) is 5.92 Å². The molecule has 0 saturated carbocycles. The van der Waals surface area contributed by atoms with Gasteiger partial charge in [0.25, 0.3) is 5.91 Å². The van der Waals surface area contributed by atoms with Gasteiger partial charge in [-0.2, -0.15) is 0 Å². The monoisotopic (exact) mass is 507 g/mol. The van der Waals surface area contributed by atoms with Gasteiger partial charge in [-0.25, -0.2) is 15.1 Å². The van der Waals surface area contributed by atoms with Crippen LogP contribution in [0, 0.1) is 5.92 Å². The topological polar surface area (TPSA) is 128 Å². The Morgan fingerprint density at radius 3 is 2.24 bits per heavy atom. The standard InChI is InChI=1S/C28H33N3O6/c1-19(2)16-31(17-25(32)26(33)30-37-18-20-8-4-3-5-9-20)28(36)29-24(27(34)35)15-21-12-13-22-10-6-7-11-23(22)14-21/h3-14,19,24-25,32H,15-18H2,1-2H3,(H,29,36)(H,30,33)(H,34,35)/t24-,25-/m0/s1. The second-order valence-electron chi connectivity index (χ2n) is 9.28. The zero-order valence-electron chi connectivity index (χ0n) is 21.0. The van der Waals surface area contributed by atoms with Crippen molar-refractivity contribution < 1.29 is 29.4 Å². The SMILES string of the molecule is CC(C)CN(C[C@H](O)C(=O)NOCc1ccccc1)C(=O)N[C@@H](Cc1ccc2ccccc2c1)C(=O)O. The molecule has 3 rings (SSSR count). The number of hydrogen-bond acceptors (Lipinski definition) is 5. The molecule has 2 atom stereocenters. The Morgan fingerprint density at radius 2 is 1.57 bits per heavy atom. The molecule has 0 fully saturated rings. The number of fused-ring (bicyclic) bond motifs is 1. The Hall–Kier alpha value is -3.95. The van der Waals surface area contributed by atoms with Crippen LogP contribution >= 0.6 is 0 Å². The lowest BCUT2D eigenvalue weighted by Crippen LogP contribution is -2.53. The number of urea groups is 1. The van der Waals surface area contributed by atoms with Crippen LogP contribution in [0.15, 0.2) is 72.8 Å². The number of hydroxylamine groups is 1. The van der Waals surface area contributed by atoms with Crippen LogP contribution in [-0.4, -0.2) is 58.3 Å². The number of benzene rings is 3. The molecule has 0 aliphatic rings. The van der Waals surface area contributed by atoms with Crippen molar-refractivity contribution in [2.45, 2.75) is 39.0 Å². The number of carbonyl (C=O) groups excluding carboxylic acids is 2. The minimum absolute atomic E-state index is 0.0131. The summed E-state index contributed by atoms with van der Waals surface area (Å²) in [6.45, 7) is 3.75. The first kappa shape index (κ1) is 27.6. The highest BCUT2D eigenvalue weighted by Crippen LogP contribution is 2.17. The summed E-state index contributed by atoms with van der Waals surface area (Å²) in [7, 11) is 0. The molecule has 3 aromatic rings. The number of carboxylic acid groups (broad SMARTS) is 1. The Kier molecular flexibility index (Phi) is 10.00. The van der Waals surface area contributed by atoms with Crippen molar-refractivity contribution in [3.63, 3.8) is 0 Å². The highest BCUT2D eigenvalue weighted by Gasteiger charge is 2.27. The van der Waals surface area contributed by atoms with E-state index in [0.717, 1.165) is 21.9 Å². The van der Waals surface area contributed by atoms with Gasteiger partial charge in [-0.3, -0.25) is 9.63 Å². The average Bonchev–Trinajstić information content (AvgIpc) is 2.88. The van der Waals surface area contributed by atoms with Crippen LogP contribution in [0.5, 0.6) is 0 Å². The fourth-order valence-corrected chi connectivity index (χ4v) is 3.85. The fourth-order valence-electron chi connectivity index (χ4n) is 3.85. The predicted molar refractivity (Wildman–Crippen MR) is 139 cm³/mol. The number of amides is 3. The van der Waals surface area contributed by atoms with Gasteiger partial charge in [0.15, 0.2) is 6.10 Å². The summed E-state index contributed by atoms with van der Waals surface area (Å²) in [5.74, 6) is -1.97. The Bertz CT molecular complexity index is 1200. The second-order valence-corrected chi connectivity index (χ2v) is 9.28. The largest absolute Gasteiger partial charge is 0.480 e. The molecule has 9 nitrogen and oxygen atoms in total. The third-order valence-electron chi connectivity index (χ3n) is 5.67. The van der Waals surface area contributed by atoms with E-state index in [2.05, 4.69) is 10.8 Å². The number of aliphatic carboxylic acids is 1. The van der Waals surface area contributed by atoms with Crippen molar-refractivity contribution in [3.8, 4) is 0 Å². The van der Waals surface area contributed by atoms with Gasteiger partial charge in [-0.15, -0.1) is 0 Å². The second kappa shape index (κ2) is 13.4. The molecule has 9 heteroatoms. The minimum atomic E-state index is -1.57. The summed E-state index contributed by atoms with van der Waals surface area (Å²) in [5.41, 5.74) is 3.79. The molecule has 0 aromatic heterocycles. The number of nitrogens with one attached hydrogen (secondary N) is 2. The highest BCUT2D eigenvalue weighted by atomic mass is 16.7. The molecule has 4 N–H and O–H groups in total. The summed E-state index contributed by atoms with van der Waals surface area (Å²) in [6, 6.07) is 20.7. The van der Waals surface area contributed by atoms with Gasteiger partial charge in [0.05, 0.1) is 13.2 Å². The molecule has 0 heterocycles. The van der Waals surface area contributed by atoms with Crippen LogP contribution in [0.4, 0.5) is 4.79 Å². The van der Waals surface area contributed by atoms with E-state index in [-0.39, 0.29) is 32.0 Å². The van der Waals surface area contributed by atoms with Crippen LogP contribution in [0.25, 0.3) is 10.8 Å². The number of hydrogen-bond donors (Lipinski definition) is 4. The van der Waals surface area contributed by atoms with Crippen molar-refractivity contribution >= 4 is 28.7 Å². The smallest absolute Gasteiger partial charge is 0.326 e. The molecule has 0 unspecified atom stereocenters. The summed E-state index contributed by atoms with van der Waals surface area (Å²) in [6.07, 6.45) is -1.48. The molecule has 3 aromatic carbocycles. The van der Waals surface area contributed by atoms with E-state index in [1.54, 1.807) is 0 Å². The van der Waals surface area contributed by atoms with Crippen LogP contribution in [0.3, 0.4) is 0 Å². The first-order valence-corrected chi connectivity index (χ1v) is 12.1. The Labute approximate surface area is 216 Å². The highest BCUT2D eigenvalue weighted by molar-refractivity contribution is 5.85. The summed E-state index contributed by atoms with van der Waals surface area (Å²) in [4.78, 5) is 43.7. The van der Waals surface area contributed by atoms with Crippen LogP contribution in [0.2, 0.25) is 0 Å². The number of rotatable bonds is 12. The summed E-state index contributed by atoms with van der Waals surface area (Å²) < 4.78 is 0. The number of carboxylic acids is 1. The van der Waals surface area contributed by atoms with Gasteiger partial charge in [-0.05, 0) is 27.8 Å². The lowest BCUT2D eigenvalue weighted by Gasteiger charge is -2.28. The van der Waals surface area contributed by atoms with Gasteiger partial charge >= 0.3 is 12.0 Å². The normalized spacial score (nSPS) is 12.6. The zero-order valence-corrected chi connectivity index (χ0v) is 21.0. The lowest BCUT2D eigenvalue weighted by atomic mass is 10.0. The number of aliphatic hydroxyl groups excluding tert-OH is 1. The first-order valence-electron chi connectivity index (χ1n) is 12.1. The van der Waals surface area contributed by atoms with E-state index in [0.29, 0.717) is 0 Å². The van der Waals surface area contributed by atoms with Crippen molar-refractivity contribution in [3.05, 3.63) is 83.9 Å². The predicted octanol–water partition coefficient (Wildman–Crippen LogP) is 3.11. The van der Waals surface area contributed by atoms with Crippen LogP contribution in [-0.2, 0) is 27.5 Å². The van der Waals surface area contributed by atoms with E-state index in [9.17, 15) is 24.6 Å². The van der Waals surface area contributed by atoms with Gasteiger partial charge in [0.2, 0.25) is 0 Å². The van der Waals surface area contributed by atoms with Gasteiger partial charge in [0.1, 0.15) is 6.04 Å². The van der Waals surface area contributed by atoms with E-state index in [4.69, 9.17) is 4.84 Å². The maximum absolute atomic E-state index is 13.0. The number of nitrogens with zero attached hydrogens (tertiary/aromatic N) is 1. The van der Waals surface area contributed by atoms with Gasteiger partial charge < -0.3 is 20.4 Å². The zero-order chi connectivity index (χ0) is 26.8. The van der Waals surface area contributed by atoms with Crippen LogP contribution in [0.1, 0.15) is 25.0 Å². The quantitative estimate of drug-likeness (QED) is 0.279. The van der Waals surface area contributed by atoms with E-state index >= 15 is 0 Å². The minimum Gasteiger partial charge on any atom is -0.480 e. The maximum atomic E-state index is 13.0. The molecule has 37 heavy (non-hydrogen) atoms. The first-order chi connectivity index (χ1) is 17.7. The third-order valence-corrected chi connectivity index (χ3v) is 5.67. The molecule has 3 amide bonds. The van der Waals surface area contributed by atoms with Gasteiger partial charge in [0, 0.05) is 13.0 Å². The molecular formula is C28H33N3O6. The molecule has 0 aliphatic carbocycles. The molecule has 0 saturated heterocycles. The van der Waals surface area contributed by atoms with E-state index in [1.807, 2.05) is 86.6 Å². The van der Waals surface area contributed by atoms with Crippen molar-refractivity contribution in [1.82, 2.24) is 15.7 Å². The lowest BCUT2D eigenvalue weighted by molar-refractivity contribution is -0.144. The Balaban J connectivity index is 1.60. The number of aliphatic hydroxyl groups is 1. The molecule has 0 radical (unpaired) electrons. The maximum Gasteiger partial charge on any atom is 0.326 e. The third kappa shape index (κ3) is 8.59. The average molecular weight is 508 g/mol. The summed E-state index contributed by atoms with van der Waals surface area (Å²) in [5, 5.41) is 24.7. The molecule has 0 bridgehead atoms. The summed E-state index contributed by atoms with van der Waals surface area (Å²) >= 11 is 0. The molecule has 0 aliphatic heterocycles. The van der Waals surface area contributed by atoms with Crippen LogP contribution < -0.4 is 10.8 Å². The van der Waals surface area contributed by atoms with Crippen molar-refractivity contribution in [1.29, 1.82) is 0 Å². The fraction of sp³-hybridized carbons (Fsp3) is 0.321.